The van der Waals surface area contributed by atoms with Crippen LogP contribution in [0.3, 0.4) is 0 Å². The van der Waals surface area contributed by atoms with Crippen LogP contribution < -0.4 is 10.6 Å². The van der Waals surface area contributed by atoms with Crippen molar-refractivity contribution in [2.45, 2.75) is 43.6 Å². The number of nitrogens with zero attached hydrogens (tertiary/aromatic N) is 2. The van der Waals surface area contributed by atoms with Crippen molar-refractivity contribution in [1.29, 1.82) is 0 Å². The van der Waals surface area contributed by atoms with Gasteiger partial charge in [0.05, 0.1) is 0 Å². The molecule has 1 aromatic carbocycles. The Labute approximate surface area is 159 Å². The number of halogens is 1. The molecule has 2 aliphatic carbocycles. The summed E-state index contributed by atoms with van der Waals surface area (Å²) < 4.78 is 1.17. The van der Waals surface area contributed by atoms with Crippen molar-refractivity contribution in [3.63, 3.8) is 0 Å². The zero-order valence-corrected chi connectivity index (χ0v) is 16.7. The fourth-order valence-electron chi connectivity index (χ4n) is 4.05. The molecule has 1 atom stereocenters. The van der Waals surface area contributed by atoms with Gasteiger partial charge in [-0.05, 0) is 62.3 Å². The highest BCUT2D eigenvalue weighted by Crippen LogP contribution is 2.48. The van der Waals surface area contributed by atoms with Gasteiger partial charge in [-0.25, -0.2) is 0 Å². The van der Waals surface area contributed by atoms with E-state index < -0.39 is 0 Å². The fourth-order valence-corrected chi connectivity index (χ4v) is 4.45. The number of rotatable bonds is 6. The summed E-state index contributed by atoms with van der Waals surface area (Å²) in [5.74, 6) is 1.71. The maximum absolute atomic E-state index is 4.43. The topological polar surface area (TPSA) is 39.7 Å². The van der Waals surface area contributed by atoms with E-state index in [9.17, 15) is 0 Å². The van der Waals surface area contributed by atoms with Gasteiger partial charge in [-0.15, -0.1) is 0 Å². The Balaban J connectivity index is 1.25. The number of likely N-dealkylation sites (tertiary alicyclic amines) is 1. The highest BCUT2D eigenvalue weighted by Gasteiger charge is 2.44. The summed E-state index contributed by atoms with van der Waals surface area (Å²) in [7, 11) is 1.87. The molecule has 1 heterocycles. The predicted molar refractivity (Wildman–Crippen MR) is 107 cm³/mol. The van der Waals surface area contributed by atoms with E-state index in [1.807, 2.05) is 7.05 Å². The second-order valence-electron chi connectivity index (χ2n) is 7.98. The Morgan fingerprint density at radius 2 is 2.12 bits per heavy atom. The molecule has 4 nitrogen and oxygen atoms in total. The van der Waals surface area contributed by atoms with Crippen LogP contribution in [0.25, 0.3) is 0 Å². The first kappa shape index (κ1) is 17.3. The first-order chi connectivity index (χ1) is 12.2. The summed E-state index contributed by atoms with van der Waals surface area (Å²) in [6, 6.07) is 9.65. The smallest absolute Gasteiger partial charge is 0.191 e. The zero-order chi connectivity index (χ0) is 17.3. The number of aliphatic imine (C=N–C) groups is 1. The maximum Gasteiger partial charge on any atom is 0.191 e. The quantitative estimate of drug-likeness (QED) is 0.564. The SMILES string of the molecule is CN=C(NCC1CCN(C2CC2)C1)NCC1(c2cccc(Br)c2)CC1. The van der Waals surface area contributed by atoms with E-state index in [2.05, 4.69) is 60.7 Å². The molecule has 3 aliphatic rings. The molecule has 0 amide bonds. The Hall–Kier alpha value is -1.07. The van der Waals surface area contributed by atoms with Gasteiger partial charge in [-0.3, -0.25) is 4.99 Å². The van der Waals surface area contributed by atoms with Crippen LogP contribution in [0.2, 0.25) is 0 Å². The highest BCUT2D eigenvalue weighted by atomic mass is 79.9. The van der Waals surface area contributed by atoms with Gasteiger partial charge >= 0.3 is 0 Å². The molecule has 1 unspecified atom stereocenters. The van der Waals surface area contributed by atoms with Gasteiger partial charge in [-0.2, -0.15) is 0 Å². The second kappa shape index (κ2) is 7.28. The lowest BCUT2D eigenvalue weighted by Gasteiger charge is -2.20. The third kappa shape index (κ3) is 4.20. The van der Waals surface area contributed by atoms with Crippen molar-refractivity contribution in [2.24, 2.45) is 10.9 Å². The van der Waals surface area contributed by atoms with Crippen LogP contribution in [0.15, 0.2) is 33.7 Å². The number of benzene rings is 1. The highest BCUT2D eigenvalue weighted by molar-refractivity contribution is 9.10. The van der Waals surface area contributed by atoms with Crippen molar-refractivity contribution in [1.82, 2.24) is 15.5 Å². The summed E-state index contributed by atoms with van der Waals surface area (Å²) in [4.78, 5) is 7.10. The van der Waals surface area contributed by atoms with Gasteiger partial charge < -0.3 is 15.5 Å². The Kier molecular flexibility index (Phi) is 5.05. The van der Waals surface area contributed by atoms with E-state index >= 15 is 0 Å². The average molecular weight is 405 g/mol. The summed E-state index contributed by atoms with van der Waals surface area (Å²) >= 11 is 3.60. The maximum atomic E-state index is 4.43. The average Bonchev–Trinajstić information content (AvgIpc) is 3.55. The van der Waals surface area contributed by atoms with Gasteiger partial charge in [0.15, 0.2) is 5.96 Å². The molecule has 25 heavy (non-hydrogen) atoms. The van der Waals surface area contributed by atoms with Crippen molar-refractivity contribution < 1.29 is 0 Å². The number of hydrogen-bond acceptors (Lipinski definition) is 2. The molecular weight excluding hydrogens is 376 g/mol. The zero-order valence-electron chi connectivity index (χ0n) is 15.1. The van der Waals surface area contributed by atoms with Crippen LogP contribution in [-0.2, 0) is 5.41 Å². The Morgan fingerprint density at radius 3 is 2.80 bits per heavy atom. The molecule has 136 valence electrons. The molecule has 2 saturated carbocycles. The summed E-state index contributed by atoms with van der Waals surface area (Å²) in [6.07, 6.45) is 6.67. The van der Waals surface area contributed by atoms with Crippen molar-refractivity contribution in [3.8, 4) is 0 Å². The Bertz CT molecular complexity index is 636. The molecule has 3 fully saturated rings. The summed E-state index contributed by atoms with van der Waals surface area (Å²) in [6.45, 7) is 4.54. The van der Waals surface area contributed by atoms with Crippen LogP contribution in [0.1, 0.15) is 37.7 Å². The van der Waals surface area contributed by atoms with Crippen LogP contribution in [0.5, 0.6) is 0 Å². The van der Waals surface area contributed by atoms with Crippen LogP contribution in [0, 0.1) is 5.92 Å². The third-order valence-electron chi connectivity index (χ3n) is 6.05. The lowest BCUT2D eigenvalue weighted by Crippen LogP contribution is -2.43. The lowest BCUT2D eigenvalue weighted by atomic mass is 9.96. The van der Waals surface area contributed by atoms with E-state index in [4.69, 9.17) is 0 Å². The van der Waals surface area contributed by atoms with Crippen molar-refractivity contribution in [3.05, 3.63) is 34.3 Å². The third-order valence-corrected chi connectivity index (χ3v) is 6.54. The Morgan fingerprint density at radius 1 is 1.28 bits per heavy atom. The molecular formula is C20H29BrN4. The molecule has 1 saturated heterocycles. The van der Waals surface area contributed by atoms with Gasteiger partial charge in [0.25, 0.3) is 0 Å². The van der Waals surface area contributed by atoms with Crippen molar-refractivity contribution in [2.75, 3.05) is 33.2 Å². The van der Waals surface area contributed by atoms with Crippen LogP contribution in [0.4, 0.5) is 0 Å². The van der Waals surface area contributed by atoms with Gasteiger partial charge in [0.1, 0.15) is 0 Å². The first-order valence-corrected chi connectivity index (χ1v) is 10.4. The number of guanidine groups is 1. The van der Waals surface area contributed by atoms with Gasteiger partial charge in [0, 0.05) is 42.6 Å². The van der Waals surface area contributed by atoms with E-state index in [1.165, 1.54) is 55.2 Å². The minimum Gasteiger partial charge on any atom is -0.356 e. The van der Waals surface area contributed by atoms with E-state index in [-0.39, 0.29) is 5.41 Å². The minimum absolute atomic E-state index is 0.289. The standard InChI is InChI=1S/C20H29BrN4/c1-22-19(23-12-15-7-10-25(13-15)18-5-6-18)24-14-20(8-9-20)16-3-2-4-17(21)11-16/h2-4,11,15,18H,5-10,12-14H2,1H3,(H2,22,23,24). The number of nitrogens with one attached hydrogen (secondary N) is 2. The molecule has 2 N–H and O–H groups in total. The summed E-state index contributed by atoms with van der Waals surface area (Å²) in [5, 5.41) is 7.13. The number of hydrogen-bond donors (Lipinski definition) is 2. The monoisotopic (exact) mass is 404 g/mol. The molecule has 1 aliphatic heterocycles. The molecule has 4 rings (SSSR count). The normalized spacial score (nSPS) is 25.8. The van der Waals surface area contributed by atoms with E-state index in [1.54, 1.807) is 0 Å². The molecule has 0 bridgehead atoms. The van der Waals surface area contributed by atoms with Crippen molar-refractivity contribution >= 4 is 21.9 Å². The van der Waals surface area contributed by atoms with E-state index in [0.29, 0.717) is 0 Å². The molecule has 0 spiro atoms. The lowest BCUT2D eigenvalue weighted by molar-refractivity contribution is 0.314. The largest absolute Gasteiger partial charge is 0.356 e. The van der Waals surface area contributed by atoms with Crippen LogP contribution >= 0.6 is 15.9 Å². The first-order valence-electron chi connectivity index (χ1n) is 9.63. The van der Waals surface area contributed by atoms with Gasteiger partial charge in [-0.1, -0.05) is 28.1 Å². The second-order valence-corrected chi connectivity index (χ2v) is 8.89. The minimum atomic E-state index is 0.289. The summed E-state index contributed by atoms with van der Waals surface area (Å²) in [5.41, 5.74) is 1.72. The predicted octanol–water partition coefficient (Wildman–Crippen LogP) is 3.13. The molecule has 1 aromatic rings. The van der Waals surface area contributed by atoms with Crippen LogP contribution in [-0.4, -0.2) is 50.1 Å². The molecule has 5 heteroatoms. The molecule has 0 aromatic heterocycles. The van der Waals surface area contributed by atoms with Gasteiger partial charge in [0.2, 0.25) is 0 Å². The fraction of sp³-hybridized carbons (Fsp3) is 0.650. The molecule has 0 radical (unpaired) electrons. The van der Waals surface area contributed by atoms with E-state index in [0.717, 1.165) is 31.0 Å².